The van der Waals surface area contributed by atoms with Crippen molar-refractivity contribution in [1.29, 1.82) is 0 Å². The van der Waals surface area contributed by atoms with Gasteiger partial charge in [-0.15, -0.1) is 11.3 Å². The van der Waals surface area contributed by atoms with Gasteiger partial charge in [0.05, 0.1) is 10.4 Å². The number of thiophene rings is 1. The van der Waals surface area contributed by atoms with Crippen LogP contribution in [-0.2, 0) is 0 Å². The highest BCUT2D eigenvalue weighted by Crippen LogP contribution is 2.40. The van der Waals surface area contributed by atoms with E-state index in [1.807, 2.05) is 17.5 Å². The number of hydrogen-bond donors (Lipinski definition) is 0. The first-order valence-electron chi connectivity index (χ1n) is 16.2. The number of anilines is 3. The zero-order chi connectivity index (χ0) is 31.9. The highest BCUT2D eigenvalue weighted by molar-refractivity contribution is 7.25. The van der Waals surface area contributed by atoms with Gasteiger partial charge in [-0.2, -0.15) is 0 Å². The molecular weight excluding hydrogens is 601 g/mol. The smallest absolute Gasteiger partial charge is 0.0709 e. The molecule has 7 aromatic carbocycles. The van der Waals surface area contributed by atoms with Gasteiger partial charge in [-0.1, -0.05) is 121 Å². The van der Waals surface area contributed by atoms with Gasteiger partial charge in [0.1, 0.15) is 0 Å². The summed E-state index contributed by atoms with van der Waals surface area (Å²) >= 11 is 1.81. The second-order valence-corrected chi connectivity index (χ2v) is 13.2. The van der Waals surface area contributed by atoms with Crippen LogP contribution in [0.4, 0.5) is 17.1 Å². The molecule has 0 aliphatic rings. The van der Waals surface area contributed by atoms with Crippen molar-refractivity contribution in [2.75, 3.05) is 4.90 Å². The minimum atomic E-state index is 0.978. The molecule has 0 saturated heterocycles. The van der Waals surface area contributed by atoms with E-state index >= 15 is 0 Å². The van der Waals surface area contributed by atoms with Crippen LogP contribution in [0.5, 0.6) is 0 Å². The first kappa shape index (κ1) is 28.2. The van der Waals surface area contributed by atoms with Crippen LogP contribution in [0, 0.1) is 0 Å². The summed E-state index contributed by atoms with van der Waals surface area (Å²) in [5, 5.41) is 5.08. The lowest BCUT2D eigenvalue weighted by molar-refractivity contribution is 1.28. The van der Waals surface area contributed by atoms with Gasteiger partial charge in [-0.3, -0.25) is 4.98 Å². The topological polar surface area (TPSA) is 16.1 Å². The van der Waals surface area contributed by atoms with Crippen LogP contribution >= 0.6 is 11.3 Å². The number of benzene rings is 7. The quantitative estimate of drug-likeness (QED) is 0.182. The molecule has 0 unspecified atom stereocenters. The summed E-state index contributed by atoms with van der Waals surface area (Å²) in [6.07, 6.45) is 2.03. The summed E-state index contributed by atoms with van der Waals surface area (Å²) in [5.41, 5.74) is 10.2. The van der Waals surface area contributed by atoms with Gasteiger partial charge in [-0.05, 0) is 87.6 Å². The van der Waals surface area contributed by atoms with Crippen LogP contribution in [0.25, 0.3) is 64.5 Å². The zero-order valence-corrected chi connectivity index (χ0v) is 26.9. The van der Waals surface area contributed by atoms with Crippen LogP contribution in [0.3, 0.4) is 0 Å². The average molecular weight is 631 g/mol. The predicted molar refractivity (Wildman–Crippen MR) is 206 cm³/mol. The van der Waals surface area contributed by atoms with Crippen molar-refractivity contribution >= 4 is 59.3 Å². The fourth-order valence-corrected chi connectivity index (χ4v) is 7.73. The van der Waals surface area contributed by atoms with Crippen LogP contribution in [0.15, 0.2) is 182 Å². The summed E-state index contributed by atoms with van der Waals surface area (Å²) in [4.78, 5) is 7.25. The molecule has 0 amide bonds. The molecule has 2 aromatic heterocycles. The minimum absolute atomic E-state index is 0.978. The number of pyridine rings is 1. The molecule has 0 fully saturated rings. The summed E-state index contributed by atoms with van der Waals surface area (Å²) in [5.74, 6) is 0. The third kappa shape index (κ3) is 5.21. The van der Waals surface area contributed by atoms with Gasteiger partial charge in [0.15, 0.2) is 0 Å². The Morgan fingerprint density at radius 3 is 1.60 bits per heavy atom. The van der Waals surface area contributed by atoms with Crippen LogP contribution in [0.2, 0.25) is 0 Å². The Balaban J connectivity index is 1.11. The first-order chi connectivity index (χ1) is 23.8. The molecule has 0 spiro atoms. The van der Waals surface area contributed by atoms with E-state index in [0.29, 0.717) is 0 Å². The lowest BCUT2D eigenvalue weighted by atomic mass is 10.0. The number of hydrogen-bond acceptors (Lipinski definition) is 3. The third-order valence-corrected chi connectivity index (χ3v) is 10.2. The van der Waals surface area contributed by atoms with E-state index in [1.54, 1.807) is 0 Å². The lowest BCUT2D eigenvalue weighted by Crippen LogP contribution is -2.10. The van der Waals surface area contributed by atoms with E-state index in [4.69, 9.17) is 4.98 Å². The molecule has 226 valence electrons. The first-order valence-corrected chi connectivity index (χ1v) is 17.0. The average Bonchev–Trinajstić information content (AvgIpc) is 3.52. The van der Waals surface area contributed by atoms with Crippen molar-refractivity contribution in [3.05, 3.63) is 182 Å². The maximum absolute atomic E-state index is 4.91. The number of fused-ring (bicyclic) bond motifs is 4. The van der Waals surface area contributed by atoms with E-state index in [9.17, 15) is 0 Å². The SMILES string of the molecule is c1ccc(-c2ccc(N(c3ccc(-c4cc5c(cn4)sc4cc6ccccc6cc45)cc3)c3cccc(-c4ccccc4)c3)cc2)cc1. The summed E-state index contributed by atoms with van der Waals surface area (Å²) in [6.45, 7) is 0. The Labute approximate surface area is 283 Å². The summed E-state index contributed by atoms with van der Waals surface area (Å²) < 4.78 is 2.51. The van der Waals surface area contributed by atoms with Crippen LogP contribution < -0.4 is 4.90 Å². The predicted octanol–water partition coefficient (Wildman–Crippen LogP) is 13.1. The molecule has 9 aromatic rings. The van der Waals surface area contributed by atoms with Gasteiger partial charge < -0.3 is 4.90 Å². The third-order valence-electron chi connectivity index (χ3n) is 9.09. The molecule has 0 aliphatic carbocycles. The fraction of sp³-hybridized carbons (Fsp3) is 0. The largest absolute Gasteiger partial charge is 0.310 e. The molecule has 0 aliphatic heterocycles. The Morgan fingerprint density at radius 2 is 0.917 bits per heavy atom. The van der Waals surface area contributed by atoms with Crippen molar-refractivity contribution in [3.63, 3.8) is 0 Å². The highest BCUT2D eigenvalue weighted by atomic mass is 32.1. The van der Waals surface area contributed by atoms with Crippen molar-refractivity contribution in [1.82, 2.24) is 4.98 Å². The van der Waals surface area contributed by atoms with E-state index in [-0.39, 0.29) is 0 Å². The van der Waals surface area contributed by atoms with Gasteiger partial charge in [-0.25, -0.2) is 0 Å². The molecule has 0 saturated carbocycles. The molecule has 0 atom stereocenters. The van der Waals surface area contributed by atoms with Gasteiger partial charge >= 0.3 is 0 Å². The summed E-state index contributed by atoms with van der Waals surface area (Å²) in [6, 6.07) is 63.0. The minimum Gasteiger partial charge on any atom is -0.310 e. The van der Waals surface area contributed by atoms with E-state index in [2.05, 4.69) is 181 Å². The van der Waals surface area contributed by atoms with Gasteiger partial charge in [0.25, 0.3) is 0 Å². The van der Waals surface area contributed by atoms with Gasteiger partial charge in [0, 0.05) is 44.3 Å². The fourth-order valence-electron chi connectivity index (χ4n) is 6.64. The lowest BCUT2D eigenvalue weighted by Gasteiger charge is -2.26. The molecular formula is C45H30N2S. The molecule has 2 nitrogen and oxygen atoms in total. The Kier molecular flexibility index (Phi) is 7.03. The molecule has 0 N–H and O–H groups in total. The van der Waals surface area contributed by atoms with E-state index < -0.39 is 0 Å². The van der Waals surface area contributed by atoms with Crippen molar-refractivity contribution in [2.45, 2.75) is 0 Å². The Hall–Kier alpha value is -6.03. The van der Waals surface area contributed by atoms with Crippen LogP contribution in [0.1, 0.15) is 0 Å². The standard InChI is InChI=1S/C45H30N2S/c1-3-10-31(11-4-1)33-18-22-38(23-19-33)47(40-17-9-16-35(26-40)32-12-5-2-6-13-32)39-24-20-34(21-25-39)43-29-42-41-27-36-14-7-8-15-37(36)28-44(41)48-45(42)30-46-43/h1-30H. The molecule has 3 heteroatoms. The monoisotopic (exact) mass is 630 g/mol. The molecule has 0 radical (unpaired) electrons. The Morgan fingerprint density at radius 1 is 0.375 bits per heavy atom. The zero-order valence-electron chi connectivity index (χ0n) is 26.1. The number of aromatic nitrogens is 1. The molecule has 9 rings (SSSR count). The van der Waals surface area contributed by atoms with Crippen molar-refractivity contribution in [3.8, 4) is 33.5 Å². The number of nitrogens with zero attached hydrogens (tertiary/aromatic N) is 2. The van der Waals surface area contributed by atoms with Crippen molar-refractivity contribution in [2.24, 2.45) is 0 Å². The normalized spacial score (nSPS) is 11.3. The van der Waals surface area contributed by atoms with Crippen LogP contribution in [-0.4, -0.2) is 4.98 Å². The van der Waals surface area contributed by atoms with E-state index in [0.717, 1.165) is 28.3 Å². The second kappa shape index (κ2) is 12.0. The summed E-state index contributed by atoms with van der Waals surface area (Å²) in [7, 11) is 0. The number of rotatable bonds is 6. The van der Waals surface area contributed by atoms with E-state index in [1.165, 1.54) is 53.2 Å². The molecule has 2 heterocycles. The maximum Gasteiger partial charge on any atom is 0.0709 e. The van der Waals surface area contributed by atoms with Gasteiger partial charge in [0.2, 0.25) is 0 Å². The maximum atomic E-state index is 4.91. The molecule has 0 bridgehead atoms. The Bertz CT molecular complexity index is 2540. The highest BCUT2D eigenvalue weighted by Gasteiger charge is 2.15. The van der Waals surface area contributed by atoms with Crippen molar-refractivity contribution < 1.29 is 0 Å². The molecule has 48 heavy (non-hydrogen) atoms. The second-order valence-electron chi connectivity index (χ2n) is 12.1.